The molecule has 2 saturated carbocycles. The highest BCUT2D eigenvalue weighted by Crippen LogP contribution is 2.36. The summed E-state index contributed by atoms with van der Waals surface area (Å²) < 4.78 is 1.78. The van der Waals surface area contributed by atoms with Crippen molar-refractivity contribution in [3.63, 3.8) is 0 Å². The first-order valence-electron chi connectivity index (χ1n) is 7.07. The first-order chi connectivity index (χ1) is 10.1. The number of amides is 2. The van der Waals surface area contributed by atoms with E-state index in [2.05, 4.69) is 20.8 Å². The Morgan fingerprint density at radius 1 is 1.38 bits per heavy atom. The van der Waals surface area contributed by atoms with Crippen LogP contribution >= 0.6 is 11.8 Å². The monoisotopic (exact) mass is 310 g/mol. The van der Waals surface area contributed by atoms with Gasteiger partial charge < -0.3 is 10.2 Å². The van der Waals surface area contributed by atoms with Crippen LogP contribution < -0.4 is 5.32 Å². The van der Waals surface area contributed by atoms with Gasteiger partial charge in [-0.1, -0.05) is 11.8 Å². The number of carbonyl (C=O) groups is 2. The zero-order chi connectivity index (χ0) is 14.8. The van der Waals surface area contributed by atoms with Crippen molar-refractivity contribution in [2.45, 2.75) is 42.9 Å². The minimum atomic E-state index is -0.101. The quantitative estimate of drug-likeness (QED) is 0.703. The number of rotatable bonds is 7. The maximum Gasteiger partial charge on any atom is 0.239 e. The van der Waals surface area contributed by atoms with E-state index in [1.165, 1.54) is 16.7 Å². The van der Waals surface area contributed by atoms with Crippen molar-refractivity contribution in [2.75, 3.05) is 19.3 Å². The van der Waals surface area contributed by atoms with E-state index in [-0.39, 0.29) is 24.1 Å². The molecule has 2 aliphatic rings. The lowest BCUT2D eigenvalue weighted by Crippen LogP contribution is -2.39. The smallest absolute Gasteiger partial charge is 0.239 e. The number of tetrazole rings is 1. The molecule has 9 heteroatoms. The summed E-state index contributed by atoms with van der Waals surface area (Å²) in [5, 5.41) is 15.0. The van der Waals surface area contributed by atoms with Crippen LogP contribution in [-0.4, -0.2) is 62.3 Å². The molecule has 1 N–H and O–H groups in total. The third-order valence-corrected chi connectivity index (χ3v) is 4.35. The molecule has 2 amide bonds. The predicted molar refractivity (Wildman–Crippen MR) is 75.6 cm³/mol. The first kappa shape index (κ1) is 14.3. The van der Waals surface area contributed by atoms with Crippen LogP contribution in [0.25, 0.3) is 0 Å². The Balaban J connectivity index is 1.44. The van der Waals surface area contributed by atoms with Gasteiger partial charge in [0.15, 0.2) is 0 Å². The Labute approximate surface area is 126 Å². The van der Waals surface area contributed by atoms with Gasteiger partial charge in [0.25, 0.3) is 0 Å². The molecule has 0 bridgehead atoms. The van der Waals surface area contributed by atoms with E-state index in [9.17, 15) is 9.59 Å². The highest BCUT2D eigenvalue weighted by Gasteiger charge is 2.28. The second kappa shape index (κ2) is 6.00. The van der Waals surface area contributed by atoms with E-state index in [0.29, 0.717) is 17.2 Å². The first-order valence-corrected chi connectivity index (χ1v) is 8.06. The summed E-state index contributed by atoms with van der Waals surface area (Å²) in [5.74, 6) is 0.0396. The Morgan fingerprint density at radius 2 is 2.14 bits per heavy atom. The van der Waals surface area contributed by atoms with Crippen LogP contribution in [0.3, 0.4) is 0 Å². The second-order valence-electron chi connectivity index (χ2n) is 5.52. The molecular weight excluding hydrogens is 292 g/mol. The fourth-order valence-electron chi connectivity index (χ4n) is 1.87. The summed E-state index contributed by atoms with van der Waals surface area (Å²) in [6.07, 6.45) is 4.27. The lowest BCUT2D eigenvalue weighted by molar-refractivity contribution is -0.132. The molecule has 0 saturated heterocycles. The van der Waals surface area contributed by atoms with Gasteiger partial charge in [-0.3, -0.25) is 9.59 Å². The summed E-state index contributed by atoms with van der Waals surface area (Å²) in [7, 11) is 1.64. The van der Waals surface area contributed by atoms with E-state index in [1.807, 2.05) is 0 Å². The Morgan fingerprint density at radius 3 is 2.81 bits per heavy atom. The molecule has 1 heterocycles. The van der Waals surface area contributed by atoms with Crippen molar-refractivity contribution in [3.05, 3.63) is 0 Å². The topological polar surface area (TPSA) is 93.0 Å². The van der Waals surface area contributed by atoms with Crippen molar-refractivity contribution < 1.29 is 9.59 Å². The lowest BCUT2D eigenvalue weighted by atomic mass is 10.5. The predicted octanol–water partition coefficient (Wildman–Crippen LogP) is -0.163. The third-order valence-electron chi connectivity index (χ3n) is 3.43. The summed E-state index contributed by atoms with van der Waals surface area (Å²) >= 11 is 1.32. The number of nitrogens with one attached hydrogen (secondary N) is 1. The SMILES string of the molecule is CN(CC(=O)NC1CC1)C(=O)CSc1nnnn1C1CC1. The standard InChI is InChI=1S/C12H18N6O2S/c1-17(6-10(19)13-8-2-3-8)11(20)7-21-12-14-15-16-18(12)9-4-5-9/h8-9H,2-7H2,1H3,(H,13,19). The highest BCUT2D eigenvalue weighted by atomic mass is 32.2. The molecule has 0 atom stereocenters. The lowest BCUT2D eigenvalue weighted by Gasteiger charge is -2.16. The van der Waals surface area contributed by atoms with Gasteiger partial charge >= 0.3 is 0 Å². The van der Waals surface area contributed by atoms with Gasteiger partial charge in [0.2, 0.25) is 17.0 Å². The summed E-state index contributed by atoms with van der Waals surface area (Å²) in [5.41, 5.74) is 0. The van der Waals surface area contributed by atoms with Crippen molar-refractivity contribution >= 4 is 23.6 Å². The van der Waals surface area contributed by atoms with Gasteiger partial charge in [0.05, 0.1) is 18.3 Å². The fourth-order valence-corrected chi connectivity index (χ4v) is 2.75. The number of hydrogen-bond donors (Lipinski definition) is 1. The zero-order valence-corrected chi connectivity index (χ0v) is 12.7. The molecule has 0 aromatic carbocycles. The molecule has 21 heavy (non-hydrogen) atoms. The Hall–Kier alpha value is -1.64. The fraction of sp³-hybridized carbons (Fsp3) is 0.750. The van der Waals surface area contributed by atoms with E-state index < -0.39 is 0 Å². The number of aromatic nitrogens is 4. The molecule has 0 aliphatic heterocycles. The van der Waals surface area contributed by atoms with Crippen LogP contribution in [-0.2, 0) is 9.59 Å². The molecule has 2 aliphatic carbocycles. The summed E-state index contributed by atoms with van der Waals surface area (Å²) in [6.45, 7) is 0.101. The summed E-state index contributed by atoms with van der Waals surface area (Å²) in [6, 6.07) is 0.707. The zero-order valence-electron chi connectivity index (χ0n) is 11.9. The van der Waals surface area contributed by atoms with E-state index in [0.717, 1.165) is 25.7 Å². The van der Waals surface area contributed by atoms with Gasteiger partial charge in [-0.2, -0.15) is 0 Å². The minimum absolute atomic E-state index is 0.0961. The molecule has 8 nitrogen and oxygen atoms in total. The highest BCUT2D eigenvalue weighted by molar-refractivity contribution is 7.99. The molecule has 3 rings (SSSR count). The van der Waals surface area contributed by atoms with Crippen molar-refractivity contribution in [2.24, 2.45) is 0 Å². The van der Waals surface area contributed by atoms with Crippen LogP contribution in [0.4, 0.5) is 0 Å². The number of likely N-dealkylation sites (N-methyl/N-ethyl adjacent to an activating group) is 1. The van der Waals surface area contributed by atoms with Crippen LogP contribution in [0.15, 0.2) is 5.16 Å². The van der Waals surface area contributed by atoms with Crippen molar-refractivity contribution in [3.8, 4) is 0 Å². The van der Waals surface area contributed by atoms with Gasteiger partial charge in [-0.25, -0.2) is 4.68 Å². The van der Waals surface area contributed by atoms with Crippen LogP contribution in [0.5, 0.6) is 0 Å². The van der Waals surface area contributed by atoms with Crippen molar-refractivity contribution in [1.82, 2.24) is 30.4 Å². The average Bonchev–Trinajstić information content (AvgIpc) is 3.37. The van der Waals surface area contributed by atoms with Gasteiger partial charge in [-0.15, -0.1) is 5.10 Å². The normalized spacial score (nSPS) is 17.6. The molecule has 2 fully saturated rings. The van der Waals surface area contributed by atoms with Gasteiger partial charge in [0.1, 0.15) is 0 Å². The van der Waals surface area contributed by atoms with E-state index >= 15 is 0 Å². The molecule has 1 aromatic rings. The molecule has 0 radical (unpaired) electrons. The maximum absolute atomic E-state index is 12.0. The average molecular weight is 310 g/mol. The van der Waals surface area contributed by atoms with Gasteiger partial charge in [0, 0.05) is 13.1 Å². The number of thioether (sulfide) groups is 1. The Kier molecular flexibility index (Phi) is 4.09. The molecule has 114 valence electrons. The second-order valence-corrected chi connectivity index (χ2v) is 6.46. The summed E-state index contributed by atoms with van der Waals surface area (Å²) in [4.78, 5) is 25.1. The Bertz CT molecular complexity index is 540. The van der Waals surface area contributed by atoms with Gasteiger partial charge in [-0.05, 0) is 36.1 Å². The van der Waals surface area contributed by atoms with Crippen molar-refractivity contribution in [1.29, 1.82) is 0 Å². The molecular formula is C12H18N6O2S. The van der Waals surface area contributed by atoms with E-state index in [1.54, 1.807) is 11.7 Å². The minimum Gasteiger partial charge on any atom is -0.352 e. The third kappa shape index (κ3) is 3.93. The van der Waals surface area contributed by atoms with E-state index in [4.69, 9.17) is 0 Å². The molecule has 1 aromatic heterocycles. The molecule has 0 spiro atoms. The maximum atomic E-state index is 12.0. The van der Waals surface area contributed by atoms with Crippen LogP contribution in [0.2, 0.25) is 0 Å². The van der Waals surface area contributed by atoms with Crippen LogP contribution in [0, 0.1) is 0 Å². The van der Waals surface area contributed by atoms with Crippen LogP contribution in [0.1, 0.15) is 31.7 Å². The number of carbonyl (C=O) groups excluding carboxylic acids is 2. The largest absolute Gasteiger partial charge is 0.352 e. The molecule has 0 unspecified atom stereocenters. The number of hydrogen-bond acceptors (Lipinski definition) is 6. The number of nitrogens with zero attached hydrogens (tertiary/aromatic N) is 5.